The number of ether oxygens (including phenoxy) is 11. The first kappa shape index (κ1) is 46.6. The highest BCUT2D eigenvalue weighted by molar-refractivity contribution is 5.27. The topological polar surface area (TPSA) is 102 Å². The quantitative estimate of drug-likeness (QED) is 0.0711. The molecule has 0 unspecified atom stereocenters. The Morgan fingerprint density at radius 1 is 0.300 bits per heavy atom. The van der Waals surface area contributed by atoms with Gasteiger partial charge in [-0.3, -0.25) is 0 Å². The van der Waals surface area contributed by atoms with Gasteiger partial charge in [0.1, 0.15) is 12.4 Å². The Morgan fingerprint density at radius 2 is 0.600 bits per heavy atom. The van der Waals surface area contributed by atoms with E-state index in [0.29, 0.717) is 132 Å². The Bertz CT molecular complexity index is 769. The van der Waals surface area contributed by atoms with Crippen molar-refractivity contribution in [2.45, 2.75) is 78.1 Å². The number of hydrogen-bond donors (Lipinski definition) is 0. The molecule has 0 N–H and O–H groups in total. The fourth-order valence-electron chi connectivity index (χ4n) is 4.62. The molecule has 0 saturated heterocycles. The Kier molecular flexibility index (Phi) is 37.7. The lowest BCUT2D eigenvalue weighted by atomic mass is 10.0. The van der Waals surface area contributed by atoms with Crippen molar-refractivity contribution in [1.82, 2.24) is 0 Å². The van der Waals surface area contributed by atoms with Crippen LogP contribution >= 0.6 is 0 Å². The molecular formula is C39H72O11. The van der Waals surface area contributed by atoms with Crippen LogP contribution in [0.15, 0.2) is 24.3 Å². The first-order valence-corrected chi connectivity index (χ1v) is 19.4. The van der Waals surface area contributed by atoms with E-state index in [0.717, 1.165) is 25.2 Å². The maximum atomic E-state index is 5.78. The van der Waals surface area contributed by atoms with Crippen LogP contribution in [0.5, 0.6) is 5.75 Å². The van der Waals surface area contributed by atoms with Gasteiger partial charge in [-0.2, -0.15) is 0 Å². The fraction of sp³-hybridized carbons (Fsp3) is 0.846. The molecule has 1 aromatic rings. The van der Waals surface area contributed by atoms with Gasteiger partial charge in [-0.25, -0.2) is 0 Å². The maximum absolute atomic E-state index is 5.78. The van der Waals surface area contributed by atoms with Crippen molar-refractivity contribution in [3.05, 3.63) is 29.8 Å². The van der Waals surface area contributed by atoms with Gasteiger partial charge in [-0.15, -0.1) is 0 Å². The zero-order valence-electron chi connectivity index (χ0n) is 31.7. The highest BCUT2D eigenvalue weighted by Gasteiger charge is 1.99. The average molecular weight is 717 g/mol. The van der Waals surface area contributed by atoms with Crippen LogP contribution < -0.4 is 4.74 Å². The number of aryl methyl sites for hydroxylation is 1. The molecule has 294 valence electrons. The monoisotopic (exact) mass is 717 g/mol. The lowest BCUT2D eigenvalue weighted by Gasteiger charge is -2.09. The summed E-state index contributed by atoms with van der Waals surface area (Å²) >= 11 is 0. The minimum atomic E-state index is 0.520. The van der Waals surface area contributed by atoms with E-state index in [4.69, 9.17) is 52.1 Å². The third-order valence-corrected chi connectivity index (χ3v) is 7.48. The van der Waals surface area contributed by atoms with Crippen LogP contribution in [0, 0.1) is 0 Å². The van der Waals surface area contributed by atoms with Gasteiger partial charge in [0.25, 0.3) is 0 Å². The predicted molar refractivity (Wildman–Crippen MR) is 197 cm³/mol. The largest absolute Gasteiger partial charge is 0.491 e. The zero-order valence-corrected chi connectivity index (χ0v) is 31.7. The van der Waals surface area contributed by atoms with Crippen LogP contribution in [-0.4, -0.2) is 139 Å². The minimum Gasteiger partial charge on any atom is -0.491 e. The van der Waals surface area contributed by atoms with E-state index < -0.39 is 0 Å². The van der Waals surface area contributed by atoms with E-state index in [1.165, 1.54) is 56.9 Å². The van der Waals surface area contributed by atoms with Gasteiger partial charge in [0.2, 0.25) is 0 Å². The van der Waals surface area contributed by atoms with Gasteiger partial charge < -0.3 is 52.1 Å². The summed E-state index contributed by atoms with van der Waals surface area (Å²) in [4.78, 5) is 0. The van der Waals surface area contributed by atoms with Crippen LogP contribution in [-0.2, 0) is 53.8 Å². The molecule has 0 aliphatic carbocycles. The lowest BCUT2D eigenvalue weighted by molar-refractivity contribution is -0.0267. The third-order valence-electron chi connectivity index (χ3n) is 7.48. The summed E-state index contributed by atoms with van der Waals surface area (Å²) in [5, 5.41) is 0. The van der Waals surface area contributed by atoms with Crippen molar-refractivity contribution >= 4 is 0 Å². The van der Waals surface area contributed by atoms with Gasteiger partial charge in [-0.05, 0) is 37.0 Å². The molecule has 0 atom stereocenters. The third kappa shape index (κ3) is 35.0. The summed E-state index contributed by atoms with van der Waals surface area (Å²) in [5.41, 5.74) is 1.38. The normalized spacial score (nSPS) is 11.5. The maximum Gasteiger partial charge on any atom is 0.119 e. The smallest absolute Gasteiger partial charge is 0.119 e. The molecule has 0 saturated carbocycles. The second-order valence-electron chi connectivity index (χ2n) is 11.8. The molecule has 0 aromatic heterocycles. The van der Waals surface area contributed by atoms with E-state index in [1.807, 2.05) is 0 Å². The summed E-state index contributed by atoms with van der Waals surface area (Å²) in [6.07, 6.45) is 12.6. The van der Waals surface area contributed by atoms with Crippen LogP contribution in [0.2, 0.25) is 0 Å². The van der Waals surface area contributed by atoms with E-state index in [9.17, 15) is 0 Å². The van der Waals surface area contributed by atoms with E-state index >= 15 is 0 Å². The van der Waals surface area contributed by atoms with Gasteiger partial charge in [0, 0.05) is 6.61 Å². The van der Waals surface area contributed by atoms with Crippen molar-refractivity contribution in [3.63, 3.8) is 0 Å². The van der Waals surface area contributed by atoms with Crippen molar-refractivity contribution in [2.24, 2.45) is 0 Å². The summed E-state index contributed by atoms with van der Waals surface area (Å²) in [6, 6.07) is 8.44. The highest BCUT2D eigenvalue weighted by Crippen LogP contribution is 2.15. The molecular weight excluding hydrogens is 644 g/mol. The van der Waals surface area contributed by atoms with E-state index in [-0.39, 0.29) is 0 Å². The first-order chi connectivity index (χ1) is 24.9. The number of benzene rings is 1. The van der Waals surface area contributed by atoms with Crippen LogP contribution in [0.3, 0.4) is 0 Å². The van der Waals surface area contributed by atoms with Crippen molar-refractivity contribution in [1.29, 1.82) is 0 Å². The number of rotatable bonds is 42. The highest BCUT2D eigenvalue weighted by atomic mass is 16.6. The summed E-state index contributed by atoms with van der Waals surface area (Å²) in [7, 11) is 0. The molecule has 11 nitrogen and oxygen atoms in total. The number of hydrogen-bond acceptors (Lipinski definition) is 11. The summed E-state index contributed by atoms with van der Waals surface area (Å²) < 4.78 is 60.9. The summed E-state index contributed by atoms with van der Waals surface area (Å²) in [5.74, 6) is 0.888. The lowest BCUT2D eigenvalue weighted by Crippen LogP contribution is -2.15. The van der Waals surface area contributed by atoms with Gasteiger partial charge in [-0.1, -0.05) is 70.9 Å². The minimum absolute atomic E-state index is 0.520. The van der Waals surface area contributed by atoms with E-state index in [1.54, 1.807) is 0 Å². The van der Waals surface area contributed by atoms with E-state index in [2.05, 4.69) is 38.1 Å². The summed E-state index contributed by atoms with van der Waals surface area (Å²) in [6.45, 7) is 16.1. The van der Waals surface area contributed by atoms with Gasteiger partial charge in [0.15, 0.2) is 0 Å². The second kappa shape index (κ2) is 40.4. The Labute approximate surface area is 304 Å². The molecule has 1 rings (SSSR count). The SMILES string of the molecule is CCCCCCCCc1ccc(OCCOCCOCCOCCOCCOCCOCCOCCOCCOCCOCCCCC)cc1. The Morgan fingerprint density at radius 3 is 0.980 bits per heavy atom. The van der Waals surface area contributed by atoms with Crippen LogP contribution in [0.4, 0.5) is 0 Å². The standard InChI is InChI=1S/C39H72O11/c1-3-5-7-8-9-10-12-38-13-15-39(16-14-38)50-37-36-49-35-34-48-33-32-47-31-30-46-29-28-45-27-26-44-25-24-43-23-22-42-21-20-41-19-18-40-17-11-6-4-2/h13-16H,3-12,17-37H2,1-2H3. The molecule has 11 heteroatoms. The molecule has 0 heterocycles. The molecule has 1 aromatic carbocycles. The molecule has 0 amide bonds. The van der Waals surface area contributed by atoms with Crippen LogP contribution in [0.1, 0.15) is 77.2 Å². The first-order valence-electron chi connectivity index (χ1n) is 19.4. The van der Waals surface area contributed by atoms with Crippen LogP contribution in [0.25, 0.3) is 0 Å². The molecule has 0 aliphatic rings. The molecule has 0 bridgehead atoms. The second-order valence-corrected chi connectivity index (χ2v) is 11.8. The van der Waals surface area contributed by atoms with Gasteiger partial charge in [0.05, 0.1) is 126 Å². The Balaban J connectivity index is 1.68. The molecule has 0 fully saturated rings. The average Bonchev–Trinajstić information content (AvgIpc) is 3.13. The Hall–Kier alpha value is -1.38. The predicted octanol–water partition coefficient (Wildman–Crippen LogP) is 6.32. The molecule has 0 radical (unpaired) electrons. The van der Waals surface area contributed by atoms with Gasteiger partial charge >= 0.3 is 0 Å². The molecule has 50 heavy (non-hydrogen) atoms. The van der Waals surface area contributed by atoms with Crippen molar-refractivity contribution in [2.75, 3.05) is 139 Å². The molecule has 0 spiro atoms. The molecule has 0 aliphatic heterocycles. The zero-order chi connectivity index (χ0) is 35.7. The van der Waals surface area contributed by atoms with Crippen molar-refractivity contribution in [3.8, 4) is 5.75 Å². The number of unbranched alkanes of at least 4 members (excludes halogenated alkanes) is 7. The van der Waals surface area contributed by atoms with Crippen molar-refractivity contribution < 1.29 is 52.1 Å². The fourth-order valence-corrected chi connectivity index (χ4v) is 4.62.